The van der Waals surface area contributed by atoms with Crippen LogP contribution in [0, 0.1) is 16.7 Å². The van der Waals surface area contributed by atoms with E-state index in [2.05, 4.69) is 20.4 Å². The van der Waals surface area contributed by atoms with E-state index in [9.17, 15) is 15.0 Å². The summed E-state index contributed by atoms with van der Waals surface area (Å²) in [5.74, 6) is -0.537. The second-order valence-corrected chi connectivity index (χ2v) is 11.2. The molecule has 2 heterocycles. The molecular formula is C23H37NO6. The number of carbonyl (C=O) groups excluding carboxylic acids is 1. The Morgan fingerprint density at radius 3 is 2.37 bits per heavy atom. The van der Waals surface area contributed by atoms with Crippen molar-refractivity contribution in [3.05, 3.63) is 12.7 Å². The second kappa shape index (κ2) is 6.36. The minimum absolute atomic E-state index is 0.0878. The van der Waals surface area contributed by atoms with Gasteiger partial charge in [-0.2, -0.15) is 0 Å². The van der Waals surface area contributed by atoms with Gasteiger partial charge in [0.25, 0.3) is 0 Å². The fraction of sp³-hybridized carbons (Fsp3) is 0.870. The molecule has 0 aromatic carbocycles. The minimum Gasteiger partial charge on any atom is -0.390 e. The molecule has 7 nitrogen and oxygen atoms in total. The van der Waals surface area contributed by atoms with Crippen molar-refractivity contribution in [2.75, 3.05) is 14.1 Å². The predicted molar refractivity (Wildman–Crippen MR) is 111 cm³/mol. The molecule has 2 N–H and O–H groups in total. The summed E-state index contributed by atoms with van der Waals surface area (Å²) in [5.41, 5.74) is -5.11. The molecule has 4 aliphatic rings. The van der Waals surface area contributed by atoms with Crippen LogP contribution < -0.4 is 0 Å². The molecule has 4 fully saturated rings. The molecule has 4 rings (SSSR count). The molecule has 1 spiro atoms. The Hall–Kier alpha value is -0.830. The molecule has 0 bridgehead atoms. The molecule has 7 heteroatoms. The Labute approximate surface area is 179 Å². The van der Waals surface area contributed by atoms with Gasteiger partial charge in [-0.1, -0.05) is 26.8 Å². The summed E-state index contributed by atoms with van der Waals surface area (Å²) in [6.07, 6.45) is -0.237. The van der Waals surface area contributed by atoms with E-state index in [4.69, 9.17) is 14.2 Å². The highest BCUT2D eigenvalue weighted by molar-refractivity contribution is 5.93. The van der Waals surface area contributed by atoms with E-state index in [-0.39, 0.29) is 23.7 Å². The predicted octanol–water partition coefficient (Wildman–Crippen LogP) is 1.86. The van der Waals surface area contributed by atoms with Gasteiger partial charge in [0.2, 0.25) is 6.41 Å². The number of aliphatic hydroxyl groups is 2. The maximum Gasteiger partial charge on any atom is 0.219 e. The lowest BCUT2D eigenvalue weighted by atomic mass is 9.39. The van der Waals surface area contributed by atoms with Gasteiger partial charge in [0.05, 0.1) is 17.8 Å². The first-order chi connectivity index (χ1) is 13.7. The van der Waals surface area contributed by atoms with Crippen LogP contribution in [-0.2, 0) is 19.0 Å². The molecule has 2 aliphatic heterocycles. The van der Waals surface area contributed by atoms with Crippen LogP contribution in [0.1, 0.15) is 53.9 Å². The summed E-state index contributed by atoms with van der Waals surface area (Å²) < 4.78 is 19.4. The van der Waals surface area contributed by atoms with E-state index in [1.807, 2.05) is 21.0 Å². The van der Waals surface area contributed by atoms with Gasteiger partial charge in [-0.05, 0) is 46.2 Å². The van der Waals surface area contributed by atoms with Gasteiger partial charge in [0.15, 0.2) is 11.4 Å². The first-order valence-electron chi connectivity index (χ1n) is 10.9. The molecule has 0 aromatic rings. The second-order valence-electron chi connectivity index (χ2n) is 11.2. The summed E-state index contributed by atoms with van der Waals surface area (Å²) >= 11 is 0. The number of hydrogen-bond acceptors (Lipinski definition) is 7. The lowest BCUT2D eigenvalue weighted by molar-refractivity contribution is -0.456. The van der Waals surface area contributed by atoms with Crippen molar-refractivity contribution >= 4 is 5.78 Å². The van der Waals surface area contributed by atoms with Gasteiger partial charge in [-0.15, -0.1) is 6.58 Å². The maximum absolute atomic E-state index is 14.1. The number of ketones is 1. The van der Waals surface area contributed by atoms with E-state index >= 15 is 0 Å². The summed E-state index contributed by atoms with van der Waals surface area (Å²) in [6, 6.07) is 0. The Bertz CT molecular complexity index is 769. The van der Waals surface area contributed by atoms with Gasteiger partial charge in [0, 0.05) is 17.8 Å². The van der Waals surface area contributed by atoms with Crippen LogP contribution in [-0.4, -0.2) is 76.5 Å². The highest BCUT2D eigenvalue weighted by Gasteiger charge is 2.83. The van der Waals surface area contributed by atoms with E-state index in [1.165, 1.54) is 0 Å². The molecule has 30 heavy (non-hydrogen) atoms. The zero-order valence-electron chi connectivity index (χ0n) is 19.3. The van der Waals surface area contributed by atoms with E-state index in [0.29, 0.717) is 0 Å². The van der Waals surface area contributed by atoms with Gasteiger partial charge >= 0.3 is 0 Å². The fourth-order valence-electron chi connectivity index (χ4n) is 7.34. The smallest absolute Gasteiger partial charge is 0.219 e. The number of nitrogens with zero attached hydrogens (tertiary/aromatic N) is 1. The first-order valence-corrected chi connectivity index (χ1v) is 10.9. The molecule has 0 radical (unpaired) electrons. The minimum atomic E-state index is -1.47. The summed E-state index contributed by atoms with van der Waals surface area (Å²) in [6.45, 7) is 13.5. The molecule has 0 aromatic heterocycles. The van der Waals surface area contributed by atoms with Crippen molar-refractivity contribution in [1.29, 1.82) is 0 Å². The normalized spacial score (nSPS) is 55.0. The average Bonchev–Trinajstić information content (AvgIpc) is 2.63. The van der Waals surface area contributed by atoms with Gasteiger partial charge in [0.1, 0.15) is 11.7 Å². The SMILES string of the molecule is C=C[C@@]1(C)CC(=O)[C@@]23OC(N(C)C)O[C@H]4CCC(C)(C)[C@H]([C@H](O)[C@H](O)[C@@]2(C)O1)[C@]43C. The third-order valence-corrected chi connectivity index (χ3v) is 8.66. The van der Waals surface area contributed by atoms with E-state index in [1.54, 1.807) is 24.8 Å². The van der Waals surface area contributed by atoms with Crippen LogP contribution in [0.25, 0.3) is 0 Å². The lowest BCUT2D eigenvalue weighted by Gasteiger charge is -2.74. The standard InChI is InChI=1S/C23H37NO6/c1-9-20(4)12-13(25)23-21(5)14(28-18(29-23)24(7)8)10-11-19(2,3)16(21)15(26)17(27)22(23,6)30-20/h9,14-18,26-27H,1,10-12H2,2-8H3/t14-,15-,16-,17-,18?,20-,21-,22+,23-/m0/s1. The van der Waals surface area contributed by atoms with Crippen LogP contribution in [0.3, 0.4) is 0 Å². The Balaban J connectivity index is 2.02. The van der Waals surface area contributed by atoms with Crippen molar-refractivity contribution in [3.63, 3.8) is 0 Å². The van der Waals surface area contributed by atoms with Crippen molar-refractivity contribution in [1.82, 2.24) is 4.90 Å². The van der Waals surface area contributed by atoms with Gasteiger partial charge in [-0.25, -0.2) is 0 Å². The number of Topliss-reactive ketones (excluding diaryl/α,β-unsaturated/α-hetero) is 1. The number of hydrogen-bond donors (Lipinski definition) is 2. The Kier molecular flexibility index (Phi) is 4.74. The largest absolute Gasteiger partial charge is 0.390 e. The highest BCUT2D eigenvalue weighted by Crippen LogP contribution is 2.70. The van der Waals surface area contributed by atoms with Crippen LogP contribution in [0.4, 0.5) is 0 Å². The van der Waals surface area contributed by atoms with Crippen LogP contribution in [0.2, 0.25) is 0 Å². The summed E-state index contributed by atoms with van der Waals surface area (Å²) in [7, 11) is 3.67. The summed E-state index contributed by atoms with van der Waals surface area (Å²) in [5, 5.41) is 22.9. The fourth-order valence-corrected chi connectivity index (χ4v) is 7.34. The topological polar surface area (TPSA) is 88.5 Å². The molecule has 0 amide bonds. The number of ether oxygens (including phenoxy) is 3. The zero-order valence-corrected chi connectivity index (χ0v) is 19.3. The van der Waals surface area contributed by atoms with Crippen molar-refractivity contribution in [2.45, 2.75) is 95.4 Å². The van der Waals surface area contributed by atoms with E-state index in [0.717, 1.165) is 12.8 Å². The molecule has 2 aliphatic carbocycles. The molecule has 170 valence electrons. The first kappa shape index (κ1) is 22.4. The quantitative estimate of drug-likeness (QED) is 0.656. The van der Waals surface area contributed by atoms with Gasteiger partial charge < -0.3 is 24.4 Å². The maximum atomic E-state index is 14.1. The van der Waals surface area contributed by atoms with Crippen LogP contribution in [0.5, 0.6) is 0 Å². The van der Waals surface area contributed by atoms with Gasteiger partial charge in [-0.3, -0.25) is 9.69 Å². The van der Waals surface area contributed by atoms with Crippen molar-refractivity contribution in [2.24, 2.45) is 16.7 Å². The number of carbonyl (C=O) groups is 1. The third-order valence-electron chi connectivity index (χ3n) is 8.66. The molecular weight excluding hydrogens is 386 g/mol. The monoisotopic (exact) mass is 423 g/mol. The van der Waals surface area contributed by atoms with Crippen molar-refractivity contribution in [3.8, 4) is 0 Å². The zero-order chi connectivity index (χ0) is 22.5. The number of rotatable bonds is 2. The molecule has 1 unspecified atom stereocenters. The lowest BCUT2D eigenvalue weighted by Crippen LogP contribution is -2.89. The van der Waals surface area contributed by atoms with Crippen LogP contribution >= 0.6 is 0 Å². The average molecular weight is 424 g/mol. The van der Waals surface area contributed by atoms with Crippen LogP contribution in [0.15, 0.2) is 12.7 Å². The number of aliphatic hydroxyl groups excluding tert-OH is 2. The van der Waals surface area contributed by atoms with E-state index < -0.39 is 46.8 Å². The Morgan fingerprint density at radius 1 is 1.17 bits per heavy atom. The highest BCUT2D eigenvalue weighted by atomic mass is 16.7. The summed E-state index contributed by atoms with van der Waals surface area (Å²) in [4.78, 5) is 15.9. The molecule has 2 saturated heterocycles. The third kappa shape index (κ3) is 2.39. The Morgan fingerprint density at radius 2 is 1.80 bits per heavy atom. The molecule has 2 saturated carbocycles. The van der Waals surface area contributed by atoms with Crippen molar-refractivity contribution < 1.29 is 29.2 Å². The molecule has 9 atom stereocenters.